The van der Waals surface area contributed by atoms with Crippen LogP contribution in [0.4, 0.5) is 0 Å². The lowest BCUT2D eigenvalue weighted by atomic mass is 9.82. The van der Waals surface area contributed by atoms with Gasteiger partial charge < -0.3 is 4.57 Å². The maximum atomic E-state index is 5.20. The van der Waals surface area contributed by atoms with E-state index < -0.39 is 0 Å². The molecule has 0 N–H and O–H groups in total. The first-order chi connectivity index (χ1) is 28.5. The fraction of sp³-hybridized carbons (Fsp3) is 0.0556. The lowest BCUT2D eigenvalue weighted by molar-refractivity contribution is 0.660. The normalized spacial score (nSPS) is 13.1. The molecule has 0 saturated heterocycles. The van der Waals surface area contributed by atoms with Gasteiger partial charge in [-0.2, -0.15) is 0 Å². The quantitative estimate of drug-likeness (QED) is 0.169. The maximum absolute atomic E-state index is 5.20. The van der Waals surface area contributed by atoms with Crippen LogP contribution in [0, 0.1) is 0 Å². The molecule has 0 aliphatic heterocycles. The Balaban J connectivity index is 1.06. The summed E-state index contributed by atoms with van der Waals surface area (Å²) in [5.74, 6) is 1.96. The van der Waals surface area contributed by atoms with Crippen LogP contribution < -0.4 is 0 Å². The summed E-state index contributed by atoms with van der Waals surface area (Å²) < 4.78 is 2.48. The van der Waals surface area contributed by atoms with Gasteiger partial charge in [0.2, 0.25) is 0 Å². The van der Waals surface area contributed by atoms with E-state index in [0.29, 0.717) is 17.5 Å². The minimum absolute atomic E-state index is 0.133. The molecule has 9 aromatic carbocycles. The van der Waals surface area contributed by atoms with Gasteiger partial charge in [0.05, 0.1) is 11.0 Å². The fourth-order valence-corrected chi connectivity index (χ4v) is 9.65. The van der Waals surface area contributed by atoms with Crippen LogP contribution in [-0.2, 0) is 5.41 Å². The molecule has 4 nitrogen and oxygen atoms in total. The molecular formula is C54H36N4. The molecule has 272 valence electrons. The van der Waals surface area contributed by atoms with E-state index in [1.54, 1.807) is 0 Å². The van der Waals surface area contributed by atoms with E-state index in [0.717, 1.165) is 22.4 Å². The molecule has 0 amide bonds. The van der Waals surface area contributed by atoms with Crippen LogP contribution in [0.5, 0.6) is 0 Å². The van der Waals surface area contributed by atoms with Crippen LogP contribution >= 0.6 is 0 Å². The van der Waals surface area contributed by atoms with Crippen molar-refractivity contribution in [2.75, 3.05) is 0 Å². The fourth-order valence-electron chi connectivity index (χ4n) is 9.65. The number of rotatable bonds is 4. The lowest BCUT2D eigenvalue weighted by Crippen LogP contribution is -2.15. The minimum Gasteiger partial charge on any atom is -0.308 e. The average molecular weight is 741 g/mol. The van der Waals surface area contributed by atoms with Gasteiger partial charge in [-0.1, -0.05) is 166 Å². The Kier molecular flexibility index (Phi) is 6.94. The van der Waals surface area contributed by atoms with Crippen LogP contribution in [0.3, 0.4) is 0 Å². The Labute approximate surface area is 335 Å². The van der Waals surface area contributed by atoms with Gasteiger partial charge in [0.1, 0.15) is 0 Å². The van der Waals surface area contributed by atoms with E-state index in [2.05, 4.69) is 182 Å². The highest BCUT2D eigenvalue weighted by Crippen LogP contribution is 2.50. The first kappa shape index (κ1) is 32.8. The van der Waals surface area contributed by atoms with E-state index in [1.165, 1.54) is 76.4 Å². The van der Waals surface area contributed by atoms with Crippen molar-refractivity contribution in [3.8, 4) is 51.0 Å². The third-order valence-electron chi connectivity index (χ3n) is 12.4. The molecule has 11 aromatic rings. The van der Waals surface area contributed by atoms with Gasteiger partial charge in [-0.15, -0.1) is 0 Å². The van der Waals surface area contributed by atoms with E-state index in [9.17, 15) is 0 Å². The highest BCUT2D eigenvalue weighted by molar-refractivity contribution is 6.34. The summed E-state index contributed by atoms with van der Waals surface area (Å²) in [6, 6.07) is 65.4. The highest BCUT2D eigenvalue weighted by Gasteiger charge is 2.35. The summed E-state index contributed by atoms with van der Waals surface area (Å²) in [6.45, 7) is 4.62. The molecule has 12 rings (SSSR count). The van der Waals surface area contributed by atoms with Gasteiger partial charge in [-0.25, -0.2) is 15.0 Å². The number of benzene rings is 9. The van der Waals surface area contributed by atoms with Gasteiger partial charge in [-0.05, 0) is 74.1 Å². The number of fused-ring (bicyclic) bond motifs is 13. The smallest absolute Gasteiger partial charge is 0.164 e. The topological polar surface area (TPSA) is 43.6 Å². The first-order valence-electron chi connectivity index (χ1n) is 20.0. The molecule has 0 spiro atoms. The largest absolute Gasteiger partial charge is 0.308 e. The molecule has 1 aliphatic carbocycles. The zero-order valence-corrected chi connectivity index (χ0v) is 32.1. The predicted molar refractivity (Wildman–Crippen MR) is 241 cm³/mol. The Hall–Kier alpha value is -7.43. The van der Waals surface area contributed by atoms with Crippen LogP contribution in [-0.4, -0.2) is 19.5 Å². The standard InChI is InChI=1S/C54H36N4/c1-54(2)46-23-13-12-20-41(46)42-30-27-36(32-47(42)54)53-56-51(34-15-4-3-5-16-34)55-52(57-53)35-24-28-37(29-25-35)58-49-38-17-7-6-14-33(38)26-31-45(49)48-43-21-10-8-18-39(43)40-19-9-11-22-44(40)50(48)58/h3-32H,1-2H3. The van der Waals surface area contributed by atoms with Crippen molar-refractivity contribution in [1.82, 2.24) is 19.5 Å². The van der Waals surface area contributed by atoms with Crippen molar-refractivity contribution < 1.29 is 0 Å². The van der Waals surface area contributed by atoms with E-state index in [1.807, 2.05) is 18.2 Å². The molecular weight excluding hydrogens is 705 g/mol. The Morgan fingerprint density at radius 3 is 1.69 bits per heavy atom. The number of aromatic nitrogens is 4. The van der Waals surface area contributed by atoms with Crippen LogP contribution in [0.1, 0.15) is 25.0 Å². The third kappa shape index (κ3) is 4.72. The van der Waals surface area contributed by atoms with Gasteiger partial charge >= 0.3 is 0 Å². The van der Waals surface area contributed by atoms with Gasteiger partial charge in [0, 0.05) is 49.3 Å². The van der Waals surface area contributed by atoms with E-state index in [4.69, 9.17) is 15.0 Å². The maximum Gasteiger partial charge on any atom is 0.164 e. The van der Waals surface area contributed by atoms with Crippen molar-refractivity contribution in [2.45, 2.75) is 19.3 Å². The highest BCUT2D eigenvalue weighted by atomic mass is 15.0. The predicted octanol–water partition coefficient (Wildman–Crippen LogP) is 13.7. The summed E-state index contributed by atoms with van der Waals surface area (Å²) in [4.78, 5) is 15.4. The van der Waals surface area contributed by atoms with Gasteiger partial charge in [0.15, 0.2) is 17.5 Å². The first-order valence-corrected chi connectivity index (χ1v) is 20.0. The monoisotopic (exact) mass is 740 g/mol. The summed E-state index contributed by atoms with van der Waals surface area (Å²) in [7, 11) is 0. The molecule has 0 radical (unpaired) electrons. The van der Waals surface area contributed by atoms with E-state index in [-0.39, 0.29) is 5.41 Å². The van der Waals surface area contributed by atoms with Gasteiger partial charge in [0.25, 0.3) is 0 Å². The molecule has 2 heterocycles. The minimum atomic E-state index is -0.133. The molecule has 0 fully saturated rings. The SMILES string of the molecule is CC1(C)c2ccccc2-c2ccc(-c3nc(-c4ccccc4)nc(-c4ccc(-n5c6c7ccccc7ccc6c6c7ccccc7c7ccccc7c65)cc4)n3)cc21. The molecule has 4 heteroatoms. The number of hydrogen-bond acceptors (Lipinski definition) is 3. The summed E-state index contributed by atoms with van der Waals surface area (Å²) in [5.41, 5.74) is 11.4. The Morgan fingerprint density at radius 1 is 0.379 bits per heavy atom. The lowest BCUT2D eigenvalue weighted by Gasteiger charge is -2.21. The van der Waals surface area contributed by atoms with Crippen molar-refractivity contribution in [1.29, 1.82) is 0 Å². The molecule has 0 unspecified atom stereocenters. The van der Waals surface area contributed by atoms with Crippen molar-refractivity contribution >= 4 is 54.1 Å². The van der Waals surface area contributed by atoms with Crippen molar-refractivity contribution in [2.24, 2.45) is 0 Å². The van der Waals surface area contributed by atoms with Crippen LogP contribution in [0.15, 0.2) is 182 Å². The van der Waals surface area contributed by atoms with Crippen LogP contribution in [0.25, 0.3) is 105 Å². The summed E-state index contributed by atoms with van der Waals surface area (Å²) >= 11 is 0. The molecule has 58 heavy (non-hydrogen) atoms. The molecule has 1 aliphatic rings. The second-order valence-electron chi connectivity index (χ2n) is 16.0. The average Bonchev–Trinajstić information content (AvgIpc) is 3.76. The Bertz CT molecular complexity index is 3470. The molecule has 0 saturated carbocycles. The zero-order chi connectivity index (χ0) is 38.5. The Morgan fingerprint density at radius 2 is 0.931 bits per heavy atom. The van der Waals surface area contributed by atoms with Crippen molar-refractivity contribution in [3.05, 3.63) is 193 Å². The molecule has 0 bridgehead atoms. The second-order valence-corrected chi connectivity index (χ2v) is 16.0. The number of nitrogens with zero attached hydrogens (tertiary/aromatic N) is 4. The molecule has 0 atom stereocenters. The third-order valence-corrected chi connectivity index (χ3v) is 12.4. The zero-order valence-electron chi connectivity index (χ0n) is 32.1. The summed E-state index contributed by atoms with van der Waals surface area (Å²) in [5, 5.41) is 9.97. The number of hydrogen-bond donors (Lipinski definition) is 0. The van der Waals surface area contributed by atoms with Crippen LogP contribution in [0.2, 0.25) is 0 Å². The molecule has 2 aromatic heterocycles. The van der Waals surface area contributed by atoms with E-state index >= 15 is 0 Å². The summed E-state index contributed by atoms with van der Waals surface area (Å²) in [6.07, 6.45) is 0. The van der Waals surface area contributed by atoms with Crippen molar-refractivity contribution in [3.63, 3.8) is 0 Å². The second kappa shape index (κ2) is 12.3. The van der Waals surface area contributed by atoms with Gasteiger partial charge in [-0.3, -0.25) is 0 Å².